The van der Waals surface area contributed by atoms with Crippen LogP contribution in [-0.2, 0) is 22.6 Å². The molecule has 2 aromatic rings. The molecule has 0 unspecified atom stereocenters. The largest absolute Gasteiger partial charge is 0.352 e. The average molecular weight is 445 g/mol. The number of nitrogens with one attached hydrogen (secondary N) is 1. The summed E-state index contributed by atoms with van der Waals surface area (Å²) in [5.41, 5.74) is 3.06. The van der Waals surface area contributed by atoms with Crippen LogP contribution in [0.1, 0.15) is 43.9 Å². The summed E-state index contributed by atoms with van der Waals surface area (Å²) in [4.78, 5) is 27.6. The summed E-state index contributed by atoms with van der Waals surface area (Å²) < 4.78 is 0.983. The van der Waals surface area contributed by atoms with E-state index in [1.165, 1.54) is 0 Å². The maximum absolute atomic E-state index is 13.2. The first kappa shape index (κ1) is 22.2. The highest BCUT2D eigenvalue weighted by molar-refractivity contribution is 9.10. The normalized spacial score (nSPS) is 12.9. The number of hydrogen-bond acceptors (Lipinski definition) is 2. The number of halogens is 1. The van der Waals surface area contributed by atoms with Crippen molar-refractivity contribution in [3.05, 3.63) is 69.7 Å². The van der Waals surface area contributed by atoms with Crippen molar-refractivity contribution in [1.82, 2.24) is 10.2 Å². The van der Waals surface area contributed by atoms with Gasteiger partial charge in [0.25, 0.3) is 0 Å². The third-order valence-electron chi connectivity index (χ3n) is 5.04. The van der Waals surface area contributed by atoms with Crippen LogP contribution in [0.15, 0.2) is 53.0 Å². The van der Waals surface area contributed by atoms with E-state index in [0.29, 0.717) is 6.54 Å². The Labute approximate surface area is 176 Å². The molecule has 5 heteroatoms. The minimum Gasteiger partial charge on any atom is -0.352 e. The number of carbonyl (C=O) groups is 2. The Morgan fingerprint density at radius 3 is 2.32 bits per heavy atom. The smallest absolute Gasteiger partial charge is 0.242 e. The van der Waals surface area contributed by atoms with E-state index >= 15 is 0 Å². The van der Waals surface area contributed by atoms with Gasteiger partial charge in [-0.15, -0.1) is 0 Å². The van der Waals surface area contributed by atoms with Crippen molar-refractivity contribution >= 4 is 27.7 Å². The molecule has 0 aliphatic carbocycles. The zero-order valence-electron chi connectivity index (χ0n) is 17.0. The van der Waals surface area contributed by atoms with Crippen molar-refractivity contribution < 1.29 is 9.59 Å². The summed E-state index contributed by atoms with van der Waals surface area (Å²) in [6.45, 7) is 8.19. The molecule has 0 spiro atoms. The van der Waals surface area contributed by atoms with Gasteiger partial charge in [-0.25, -0.2) is 0 Å². The molecule has 2 amide bonds. The Balaban J connectivity index is 2.23. The fraction of sp³-hybridized carbons (Fsp3) is 0.391. The number of hydrogen-bond donors (Lipinski definition) is 1. The Kier molecular flexibility index (Phi) is 8.24. The van der Waals surface area contributed by atoms with Gasteiger partial charge in [0.05, 0.1) is 6.42 Å². The number of amides is 2. The molecule has 0 bridgehead atoms. The molecule has 0 aliphatic rings. The molecular formula is C23H29BrN2O2. The van der Waals surface area contributed by atoms with Crippen molar-refractivity contribution in [2.75, 3.05) is 0 Å². The molecule has 2 atom stereocenters. The van der Waals surface area contributed by atoms with E-state index < -0.39 is 6.04 Å². The van der Waals surface area contributed by atoms with E-state index in [-0.39, 0.29) is 24.3 Å². The maximum atomic E-state index is 13.2. The van der Waals surface area contributed by atoms with Crippen LogP contribution in [0.4, 0.5) is 0 Å². The standard InChI is InChI=1S/C23H29BrN2O2/c1-5-17(3)25-23(28)18(4)26(15-19-10-12-21(24)13-11-19)22(27)14-20-9-7-6-8-16(20)2/h6-13,17-18H,5,14-15H2,1-4H3,(H,25,28)/t17-,18+/m0/s1. The molecule has 0 heterocycles. The summed E-state index contributed by atoms with van der Waals surface area (Å²) >= 11 is 3.44. The van der Waals surface area contributed by atoms with Crippen LogP contribution in [0.25, 0.3) is 0 Å². The van der Waals surface area contributed by atoms with Gasteiger partial charge in [0.2, 0.25) is 11.8 Å². The molecule has 0 saturated carbocycles. The first-order valence-corrected chi connectivity index (χ1v) is 10.5. The second-order valence-corrected chi connectivity index (χ2v) is 8.16. The fourth-order valence-electron chi connectivity index (χ4n) is 2.91. The van der Waals surface area contributed by atoms with Crippen LogP contribution >= 0.6 is 15.9 Å². The highest BCUT2D eigenvalue weighted by Gasteiger charge is 2.27. The third-order valence-corrected chi connectivity index (χ3v) is 5.57. The van der Waals surface area contributed by atoms with Crippen LogP contribution in [0, 0.1) is 6.92 Å². The summed E-state index contributed by atoms with van der Waals surface area (Å²) in [6, 6.07) is 15.2. The Hall–Kier alpha value is -2.14. The fourth-order valence-corrected chi connectivity index (χ4v) is 3.17. The van der Waals surface area contributed by atoms with E-state index in [1.807, 2.05) is 69.3 Å². The quantitative estimate of drug-likeness (QED) is 0.644. The Morgan fingerprint density at radius 2 is 1.71 bits per heavy atom. The lowest BCUT2D eigenvalue weighted by molar-refractivity contribution is -0.140. The molecular weight excluding hydrogens is 416 g/mol. The first-order chi connectivity index (χ1) is 13.3. The van der Waals surface area contributed by atoms with E-state index in [2.05, 4.69) is 21.2 Å². The van der Waals surface area contributed by atoms with Gasteiger partial charge in [-0.1, -0.05) is 59.3 Å². The second-order valence-electron chi connectivity index (χ2n) is 7.25. The van der Waals surface area contributed by atoms with Crippen molar-refractivity contribution in [1.29, 1.82) is 0 Å². The van der Waals surface area contributed by atoms with Crippen molar-refractivity contribution in [3.63, 3.8) is 0 Å². The molecule has 2 rings (SSSR count). The van der Waals surface area contributed by atoms with Crippen LogP contribution in [0.2, 0.25) is 0 Å². The molecule has 150 valence electrons. The van der Waals surface area contributed by atoms with E-state index in [4.69, 9.17) is 0 Å². The molecule has 2 aromatic carbocycles. The van der Waals surface area contributed by atoms with E-state index in [0.717, 1.165) is 27.6 Å². The number of carbonyl (C=O) groups excluding carboxylic acids is 2. The highest BCUT2D eigenvalue weighted by Crippen LogP contribution is 2.17. The molecule has 0 radical (unpaired) electrons. The van der Waals surface area contributed by atoms with Gasteiger partial charge in [0.1, 0.15) is 6.04 Å². The van der Waals surface area contributed by atoms with Crippen molar-refractivity contribution in [2.24, 2.45) is 0 Å². The number of benzene rings is 2. The lowest BCUT2D eigenvalue weighted by Gasteiger charge is -2.30. The topological polar surface area (TPSA) is 49.4 Å². The Morgan fingerprint density at radius 1 is 1.07 bits per heavy atom. The predicted octanol–water partition coefficient (Wildman–Crippen LogP) is 4.63. The van der Waals surface area contributed by atoms with Crippen LogP contribution in [0.3, 0.4) is 0 Å². The van der Waals surface area contributed by atoms with Crippen LogP contribution in [0.5, 0.6) is 0 Å². The highest BCUT2D eigenvalue weighted by atomic mass is 79.9. The summed E-state index contributed by atoms with van der Waals surface area (Å²) in [5.74, 6) is -0.173. The molecule has 4 nitrogen and oxygen atoms in total. The molecule has 1 N–H and O–H groups in total. The summed E-state index contributed by atoms with van der Waals surface area (Å²) in [6.07, 6.45) is 1.13. The van der Waals surface area contributed by atoms with Crippen molar-refractivity contribution in [2.45, 2.75) is 59.2 Å². The first-order valence-electron chi connectivity index (χ1n) is 9.70. The third kappa shape index (κ3) is 6.20. The van der Waals surface area contributed by atoms with Crippen LogP contribution < -0.4 is 5.32 Å². The van der Waals surface area contributed by atoms with Crippen molar-refractivity contribution in [3.8, 4) is 0 Å². The lowest BCUT2D eigenvalue weighted by Crippen LogP contribution is -2.49. The molecule has 0 aliphatic heterocycles. The molecule has 0 saturated heterocycles. The number of rotatable bonds is 8. The van der Waals surface area contributed by atoms with Gasteiger partial charge < -0.3 is 10.2 Å². The van der Waals surface area contributed by atoms with Gasteiger partial charge >= 0.3 is 0 Å². The minimum absolute atomic E-state index is 0.0518. The molecule has 28 heavy (non-hydrogen) atoms. The molecule has 0 aromatic heterocycles. The van der Waals surface area contributed by atoms with Gasteiger partial charge in [-0.3, -0.25) is 9.59 Å². The van der Waals surface area contributed by atoms with Gasteiger partial charge in [0.15, 0.2) is 0 Å². The Bertz CT molecular complexity index is 805. The zero-order valence-corrected chi connectivity index (χ0v) is 18.6. The van der Waals surface area contributed by atoms with Gasteiger partial charge in [-0.2, -0.15) is 0 Å². The van der Waals surface area contributed by atoms with Gasteiger partial charge in [-0.05, 0) is 56.0 Å². The maximum Gasteiger partial charge on any atom is 0.242 e. The predicted molar refractivity (Wildman–Crippen MR) is 117 cm³/mol. The second kappa shape index (κ2) is 10.4. The summed E-state index contributed by atoms with van der Waals surface area (Å²) in [5, 5.41) is 2.99. The van der Waals surface area contributed by atoms with E-state index in [1.54, 1.807) is 11.8 Å². The monoisotopic (exact) mass is 444 g/mol. The lowest BCUT2D eigenvalue weighted by atomic mass is 10.0. The SMILES string of the molecule is CC[C@H](C)NC(=O)[C@@H](C)N(Cc1ccc(Br)cc1)C(=O)Cc1ccccc1C. The van der Waals surface area contributed by atoms with Gasteiger partial charge in [0, 0.05) is 17.1 Å². The average Bonchev–Trinajstić information content (AvgIpc) is 2.68. The van der Waals surface area contributed by atoms with Crippen LogP contribution in [-0.4, -0.2) is 28.8 Å². The summed E-state index contributed by atoms with van der Waals surface area (Å²) in [7, 11) is 0. The zero-order chi connectivity index (χ0) is 20.7. The number of nitrogens with zero attached hydrogens (tertiary/aromatic N) is 1. The number of aryl methyl sites for hydroxylation is 1. The molecule has 0 fully saturated rings. The minimum atomic E-state index is -0.547. The van der Waals surface area contributed by atoms with E-state index in [9.17, 15) is 9.59 Å².